The fourth-order valence-corrected chi connectivity index (χ4v) is 3.32. The van der Waals surface area contributed by atoms with Crippen molar-refractivity contribution >= 4 is 16.9 Å². The maximum Gasteiger partial charge on any atom is 0.328 e. The van der Waals surface area contributed by atoms with Crippen molar-refractivity contribution < 1.29 is 9.53 Å². The van der Waals surface area contributed by atoms with Gasteiger partial charge in [-0.25, -0.2) is 4.79 Å². The van der Waals surface area contributed by atoms with Crippen molar-refractivity contribution in [1.29, 1.82) is 0 Å². The number of nitrogens with one attached hydrogen (secondary N) is 1. The van der Waals surface area contributed by atoms with Crippen molar-refractivity contribution in [3.05, 3.63) is 65.9 Å². The summed E-state index contributed by atoms with van der Waals surface area (Å²) in [7, 11) is 2.07. The number of para-hydroxylation sites is 2. The van der Waals surface area contributed by atoms with Gasteiger partial charge in [-0.1, -0.05) is 36.4 Å². The molecule has 1 unspecified atom stereocenters. The third-order valence-corrected chi connectivity index (χ3v) is 4.51. The number of carbonyl (C=O) groups is 1. The van der Waals surface area contributed by atoms with E-state index in [1.54, 1.807) is 12.1 Å². The van der Waals surface area contributed by atoms with Crippen LogP contribution in [-0.2, 0) is 24.8 Å². The van der Waals surface area contributed by atoms with E-state index in [0.717, 1.165) is 0 Å². The number of nitrogens with zero attached hydrogens (tertiary/aromatic N) is 1. The predicted molar refractivity (Wildman–Crippen MR) is 89.3 cm³/mol. The normalized spacial score (nSPS) is 17.0. The molecule has 0 bridgehead atoms. The maximum atomic E-state index is 12.4. The highest BCUT2D eigenvalue weighted by Crippen LogP contribution is 2.29. The minimum Gasteiger partial charge on any atom is -0.425 e. The predicted octanol–water partition coefficient (Wildman–Crippen LogP) is 2.80. The Morgan fingerprint density at radius 2 is 1.87 bits per heavy atom. The van der Waals surface area contributed by atoms with Gasteiger partial charge in [0.1, 0.15) is 11.8 Å². The van der Waals surface area contributed by atoms with Gasteiger partial charge in [-0.2, -0.15) is 0 Å². The molecule has 0 saturated heterocycles. The molecular formula is C19H18N2O2. The number of fused-ring (bicyclic) bond motifs is 3. The van der Waals surface area contributed by atoms with E-state index < -0.39 is 0 Å². The van der Waals surface area contributed by atoms with Gasteiger partial charge >= 0.3 is 5.97 Å². The number of ether oxygens (including phenoxy) is 1. The van der Waals surface area contributed by atoms with Crippen LogP contribution in [0.15, 0.2) is 54.6 Å². The van der Waals surface area contributed by atoms with Crippen molar-refractivity contribution in [2.75, 3.05) is 0 Å². The van der Waals surface area contributed by atoms with E-state index in [9.17, 15) is 4.79 Å². The van der Waals surface area contributed by atoms with E-state index in [0.29, 0.717) is 18.7 Å². The van der Waals surface area contributed by atoms with Crippen molar-refractivity contribution in [3.63, 3.8) is 0 Å². The molecule has 1 aromatic heterocycles. The summed E-state index contributed by atoms with van der Waals surface area (Å²) >= 11 is 0. The second kappa shape index (κ2) is 5.56. The molecule has 2 heterocycles. The van der Waals surface area contributed by atoms with E-state index in [2.05, 4.69) is 29.1 Å². The van der Waals surface area contributed by atoms with Crippen LogP contribution in [0.25, 0.3) is 10.9 Å². The number of benzene rings is 2. The fourth-order valence-electron chi connectivity index (χ4n) is 3.32. The molecule has 0 radical (unpaired) electrons. The standard InChI is InChI=1S/C19H18N2O2/c1-21-17-10-6-5-9-14(17)15-11-16(20-12-18(15)21)19(22)23-13-7-3-2-4-8-13/h2-10,16,20H,11-12H2,1H3. The van der Waals surface area contributed by atoms with Crippen molar-refractivity contribution in [2.24, 2.45) is 7.05 Å². The van der Waals surface area contributed by atoms with Gasteiger partial charge in [0.2, 0.25) is 0 Å². The van der Waals surface area contributed by atoms with Crippen LogP contribution in [-0.4, -0.2) is 16.6 Å². The lowest BCUT2D eigenvalue weighted by molar-refractivity contribution is -0.136. The lowest BCUT2D eigenvalue weighted by Gasteiger charge is -2.23. The Morgan fingerprint density at radius 3 is 2.70 bits per heavy atom. The number of aromatic nitrogens is 1. The van der Waals surface area contributed by atoms with E-state index in [1.165, 1.54) is 22.2 Å². The summed E-state index contributed by atoms with van der Waals surface area (Å²) in [5.74, 6) is 0.359. The minimum absolute atomic E-state index is 0.227. The van der Waals surface area contributed by atoms with Crippen LogP contribution in [0.5, 0.6) is 5.75 Å². The monoisotopic (exact) mass is 306 g/mol. The Balaban J connectivity index is 1.61. The number of rotatable bonds is 2. The molecule has 23 heavy (non-hydrogen) atoms. The molecule has 1 aliphatic heterocycles. The summed E-state index contributed by atoms with van der Waals surface area (Å²) in [5.41, 5.74) is 3.70. The van der Waals surface area contributed by atoms with Gasteiger partial charge in [0, 0.05) is 36.6 Å². The number of esters is 1. The first-order valence-corrected chi connectivity index (χ1v) is 7.79. The zero-order chi connectivity index (χ0) is 15.8. The molecule has 0 saturated carbocycles. The molecule has 0 aliphatic carbocycles. The average molecular weight is 306 g/mol. The molecule has 1 N–H and O–H groups in total. The number of hydrogen-bond donors (Lipinski definition) is 1. The third-order valence-electron chi connectivity index (χ3n) is 4.51. The van der Waals surface area contributed by atoms with Crippen LogP contribution in [0.3, 0.4) is 0 Å². The van der Waals surface area contributed by atoms with Gasteiger partial charge in [-0.05, 0) is 23.8 Å². The first kappa shape index (κ1) is 14.0. The lowest BCUT2D eigenvalue weighted by Crippen LogP contribution is -2.44. The van der Waals surface area contributed by atoms with Crippen LogP contribution in [0, 0.1) is 0 Å². The van der Waals surface area contributed by atoms with Crippen molar-refractivity contribution in [3.8, 4) is 5.75 Å². The van der Waals surface area contributed by atoms with Gasteiger partial charge < -0.3 is 9.30 Å². The first-order valence-electron chi connectivity index (χ1n) is 7.79. The van der Waals surface area contributed by atoms with Crippen LogP contribution in [0.4, 0.5) is 0 Å². The summed E-state index contributed by atoms with van der Waals surface area (Å²) < 4.78 is 7.68. The molecule has 4 heteroatoms. The number of hydrogen-bond acceptors (Lipinski definition) is 3. The Bertz CT molecular complexity index is 868. The lowest BCUT2D eigenvalue weighted by atomic mass is 9.98. The van der Waals surface area contributed by atoms with Crippen LogP contribution >= 0.6 is 0 Å². The van der Waals surface area contributed by atoms with Crippen LogP contribution < -0.4 is 10.1 Å². The molecule has 116 valence electrons. The second-order valence-corrected chi connectivity index (χ2v) is 5.87. The Labute approximate surface area is 134 Å². The largest absolute Gasteiger partial charge is 0.425 e. The zero-order valence-corrected chi connectivity index (χ0v) is 13.0. The van der Waals surface area contributed by atoms with E-state index in [1.807, 2.05) is 30.3 Å². The molecule has 4 rings (SSSR count). The quantitative estimate of drug-likeness (QED) is 0.585. The Morgan fingerprint density at radius 1 is 1.13 bits per heavy atom. The molecule has 0 spiro atoms. The Kier molecular flexibility index (Phi) is 3.39. The highest BCUT2D eigenvalue weighted by molar-refractivity contribution is 5.87. The van der Waals surface area contributed by atoms with E-state index in [-0.39, 0.29) is 12.0 Å². The molecule has 1 aliphatic rings. The number of aryl methyl sites for hydroxylation is 1. The summed E-state index contributed by atoms with van der Waals surface area (Å²) in [5, 5.41) is 4.53. The molecule has 0 amide bonds. The van der Waals surface area contributed by atoms with Gasteiger partial charge in [0.15, 0.2) is 0 Å². The van der Waals surface area contributed by atoms with Gasteiger partial charge in [0.25, 0.3) is 0 Å². The maximum absolute atomic E-state index is 12.4. The molecule has 1 atom stereocenters. The molecular weight excluding hydrogens is 288 g/mol. The van der Waals surface area contributed by atoms with Gasteiger partial charge in [0.05, 0.1) is 0 Å². The second-order valence-electron chi connectivity index (χ2n) is 5.87. The summed E-state index contributed by atoms with van der Waals surface area (Å²) in [6.07, 6.45) is 0.655. The zero-order valence-electron chi connectivity index (χ0n) is 13.0. The topological polar surface area (TPSA) is 43.3 Å². The summed E-state index contributed by atoms with van der Waals surface area (Å²) in [6.45, 7) is 0.676. The first-order chi connectivity index (χ1) is 11.2. The number of carbonyl (C=O) groups excluding carboxylic acids is 1. The van der Waals surface area contributed by atoms with E-state index >= 15 is 0 Å². The molecule has 0 fully saturated rings. The summed E-state index contributed by atoms with van der Waals surface area (Å²) in [6, 6.07) is 17.2. The fraction of sp³-hybridized carbons (Fsp3) is 0.211. The molecule has 4 nitrogen and oxygen atoms in total. The van der Waals surface area contributed by atoms with Crippen LogP contribution in [0.1, 0.15) is 11.3 Å². The highest BCUT2D eigenvalue weighted by atomic mass is 16.5. The smallest absolute Gasteiger partial charge is 0.328 e. The molecule has 2 aromatic carbocycles. The van der Waals surface area contributed by atoms with E-state index in [4.69, 9.17) is 4.74 Å². The molecule has 3 aromatic rings. The minimum atomic E-state index is -0.312. The average Bonchev–Trinajstić information content (AvgIpc) is 2.89. The van der Waals surface area contributed by atoms with Crippen LogP contribution in [0.2, 0.25) is 0 Å². The van der Waals surface area contributed by atoms with Gasteiger partial charge in [-0.3, -0.25) is 5.32 Å². The van der Waals surface area contributed by atoms with Crippen molar-refractivity contribution in [2.45, 2.75) is 19.0 Å². The van der Waals surface area contributed by atoms with Crippen molar-refractivity contribution in [1.82, 2.24) is 9.88 Å². The SMILES string of the molecule is Cn1c2c(c3ccccc31)CC(C(=O)Oc1ccccc1)NC2. The van der Waals surface area contributed by atoms with Gasteiger partial charge in [-0.15, -0.1) is 0 Å². The highest BCUT2D eigenvalue weighted by Gasteiger charge is 2.29. The summed E-state index contributed by atoms with van der Waals surface area (Å²) in [4.78, 5) is 12.4. The third kappa shape index (κ3) is 2.41. The Hall–Kier alpha value is -2.59.